The quantitative estimate of drug-likeness (QED) is 0.758. The Labute approximate surface area is 135 Å². The first-order chi connectivity index (χ1) is 10.3. The summed E-state index contributed by atoms with van der Waals surface area (Å²) in [5, 5.41) is 6.50. The molecule has 1 aliphatic heterocycles. The van der Waals surface area contributed by atoms with Crippen molar-refractivity contribution in [3.05, 3.63) is 0 Å². The number of ether oxygens (including phenoxy) is 2. The molecule has 1 saturated heterocycles. The topological polar surface area (TPSA) is 59.6 Å². The SMILES string of the molecule is CC(C)CC(CNC(=O)OC(C)(C)C)NCC1CCOCC1. The summed E-state index contributed by atoms with van der Waals surface area (Å²) in [6, 6.07) is 0.287. The van der Waals surface area contributed by atoms with Gasteiger partial charge in [-0.15, -0.1) is 0 Å². The average molecular weight is 314 g/mol. The van der Waals surface area contributed by atoms with E-state index in [1.165, 1.54) is 0 Å². The molecule has 1 heterocycles. The molecule has 0 aliphatic carbocycles. The zero-order chi connectivity index (χ0) is 16.6. The standard InChI is InChI=1S/C17H34N2O3/c1-13(2)10-15(12-19-16(20)22-17(3,4)5)18-11-14-6-8-21-9-7-14/h13-15,18H,6-12H2,1-5H3,(H,19,20). The second kappa shape index (κ2) is 9.36. The number of rotatable bonds is 7. The average Bonchev–Trinajstić information content (AvgIpc) is 2.40. The molecule has 0 bridgehead atoms. The number of carbonyl (C=O) groups excluding carboxylic acids is 1. The fourth-order valence-corrected chi connectivity index (χ4v) is 2.61. The van der Waals surface area contributed by atoms with Gasteiger partial charge in [-0.1, -0.05) is 13.8 Å². The predicted octanol–water partition coefficient (Wildman–Crippen LogP) is 2.94. The van der Waals surface area contributed by atoms with Gasteiger partial charge in [-0.25, -0.2) is 4.79 Å². The van der Waals surface area contributed by atoms with Crippen molar-refractivity contribution in [3.8, 4) is 0 Å². The maximum atomic E-state index is 11.8. The molecule has 1 unspecified atom stereocenters. The van der Waals surface area contributed by atoms with Crippen LogP contribution in [0, 0.1) is 11.8 Å². The van der Waals surface area contributed by atoms with E-state index >= 15 is 0 Å². The van der Waals surface area contributed by atoms with E-state index in [9.17, 15) is 4.79 Å². The zero-order valence-corrected chi connectivity index (χ0v) is 14.9. The van der Waals surface area contributed by atoms with E-state index in [2.05, 4.69) is 24.5 Å². The molecule has 1 amide bonds. The molecule has 0 aromatic carbocycles. The van der Waals surface area contributed by atoms with Crippen molar-refractivity contribution in [1.82, 2.24) is 10.6 Å². The number of amides is 1. The molecule has 1 rings (SSSR count). The summed E-state index contributed by atoms with van der Waals surface area (Å²) in [7, 11) is 0. The van der Waals surface area contributed by atoms with Crippen LogP contribution in [0.4, 0.5) is 4.79 Å². The van der Waals surface area contributed by atoms with Crippen LogP contribution in [-0.4, -0.2) is 44.0 Å². The zero-order valence-electron chi connectivity index (χ0n) is 14.9. The Morgan fingerprint density at radius 3 is 2.45 bits per heavy atom. The van der Waals surface area contributed by atoms with E-state index in [1.54, 1.807) is 0 Å². The largest absolute Gasteiger partial charge is 0.444 e. The number of nitrogens with one attached hydrogen (secondary N) is 2. The smallest absolute Gasteiger partial charge is 0.407 e. The second-order valence-corrected chi connectivity index (χ2v) is 7.67. The lowest BCUT2D eigenvalue weighted by Crippen LogP contribution is -2.45. The first-order valence-electron chi connectivity index (χ1n) is 8.54. The first-order valence-corrected chi connectivity index (χ1v) is 8.54. The lowest BCUT2D eigenvalue weighted by molar-refractivity contribution is 0.0517. The lowest BCUT2D eigenvalue weighted by atomic mass is 9.98. The van der Waals surface area contributed by atoms with Crippen LogP contribution < -0.4 is 10.6 Å². The molecule has 0 radical (unpaired) electrons. The third-order valence-corrected chi connectivity index (χ3v) is 3.68. The van der Waals surface area contributed by atoms with Crippen LogP contribution in [0.3, 0.4) is 0 Å². The highest BCUT2D eigenvalue weighted by Crippen LogP contribution is 2.14. The Morgan fingerprint density at radius 1 is 1.27 bits per heavy atom. The second-order valence-electron chi connectivity index (χ2n) is 7.67. The molecule has 0 saturated carbocycles. The van der Waals surface area contributed by atoms with Crippen LogP contribution in [0.5, 0.6) is 0 Å². The van der Waals surface area contributed by atoms with Crippen LogP contribution in [0.2, 0.25) is 0 Å². The molecule has 130 valence electrons. The van der Waals surface area contributed by atoms with Gasteiger partial charge in [-0.3, -0.25) is 0 Å². The van der Waals surface area contributed by atoms with E-state index in [1.807, 2.05) is 20.8 Å². The fourth-order valence-electron chi connectivity index (χ4n) is 2.61. The maximum absolute atomic E-state index is 11.8. The summed E-state index contributed by atoms with van der Waals surface area (Å²) in [5.74, 6) is 1.28. The summed E-state index contributed by atoms with van der Waals surface area (Å²) >= 11 is 0. The van der Waals surface area contributed by atoms with Gasteiger partial charge in [0, 0.05) is 25.8 Å². The van der Waals surface area contributed by atoms with Crippen LogP contribution in [0.15, 0.2) is 0 Å². The Kier molecular flexibility index (Phi) is 8.18. The summed E-state index contributed by atoms with van der Waals surface area (Å²) in [6.07, 6.45) is 2.95. The molecule has 2 N–H and O–H groups in total. The Hall–Kier alpha value is -0.810. The molecular formula is C17H34N2O3. The van der Waals surface area contributed by atoms with Crippen molar-refractivity contribution in [3.63, 3.8) is 0 Å². The van der Waals surface area contributed by atoms with Crippen molar-refractivity contribution in [2.45, 2.75) is 65.5 Å². The highest BCUT2D eigenvalue weighted by molar-refractivity contribution is 5.67. The van der Waals surface area contributed by atoms with Crippen LogP contribution in [-0.2, 0) is 9.47 Å². The van der Waals surface area contributed by atoms with E-state index < -0.39 is 5.60 Å². The normalized spacial score (nSPS) is 18.3. The van der Waals surface area contributed by atoms with Crippen LogP contribution >= 0.6 is 0 Å². The van der Waals surface area contributed by atoms with Crippen molar-refractivity contribution < 1.29 is 14.3 Å². The molecule has 0 spiro atoms. The molecule has 5 heteroatoms. The van der Waals surface area contributed by atoms with Gasteiger partial charge >= 0.3 is 6.09 Å². The Bertz CT molecular complexity index is 320. The number of alkyl carbamates (subject to hydrolysis) is 1. The van der Waals surface area contributed by atoms with E-state index in [4.69, 9.17) is 9.47 Å². The molecule has 1 fully saturated rings. The molecule has 22 heavy (non-hydrogen) atoms. The summed E-state index contributed by atoms with van der Waals surface area (Å²) in [4.78, 5) is 11.8. The van der Waals surface area contributed by atoms with Gasteiger partial charge in [0.25, 0.3) is 0 Å². The molecule has 5 nitrogen and oxygen atoms in total. The molecule has 0 aromatic heterocycles. The van der Waals surface area contributed by atoms with Crippen LogP contribution in [0.25, 0.3) is 0 Å². The summed E-state index contributed by atoms with van der Waals surface area (Å²) < 4.78 is 10.7. The van der Waals surface area contributed by atoms with Gasteiger partial charge in [0.05, 0.1) is 0 Å². The summed E-state index contributed by atoms with van der Waals surface area (Å²) in [6.45, 7) is 13.4. The minimum Gasteiger partial charge on any atom is -0.444 e. The monoisotopic (exact) mass is 314 g/mol. The van der Waals surface area contributed by atoms with Gasteiger partial charge < -0.3 is 20.1 Å². The first kappa shape index (κ1) is 19.2. The van der Waals surface area contributed by atoms with Gasteiger partial charge in [0.15, 0.2) is 0 Å². The molecule has 1 aliphatic rings. The third kappa shape index (κ3) is 9.26. The molecular weight excluding hydrogens is 280 g/mol. The van der Waals surface area contributed by atoms with E-state index in [0.717, 1.165) is 39.0 Å². The maximum Gasteiger partial charge on any atom is 0.407 e. The van der Waals surface area contributed by atoms with Gasteiger partial charge in [-0.2, -0.15) is 0 Å². The minimum atomic E-state index is -0.451. The third-order valence-electron chi connectivity index (χ3n) is 3.68. The Balaban J connectivity index is 2.34. The van der Waals surface area contributed by atoms with Crippen molar-refractivity contribution >= 4 is 6.09 Å². The van der Waals surface area contributed by atoms with Crippen molar-refractivity contribution in [2.24, 2.45) is 11.8 Å². The summed E-state index contributed by atoms with van der Waals surface area (Å²) in [5.41, 5.74) is -0.451. The van der Waals surface area contributed by atoms with E-state index in [-0.39, 0.29) is 12.1 Å². The minimum absolute atomic E-state index is 0.287. The predicted molar refractivity (Wildman–Crippen MR) is 89.0 cm³/mol. The van der Waals surface area contributed by atoms with Gasteiger partial charge in [-0.05, 0) is 58.4 Å². The highest BCUT2D eigenvalue weighted by Gasteiger charge is 2.19. The van der Waals surface area contributed by atoms with Crippen molar-refractivity contribution in [2.75, 3.05) is 26.3 Å². The van der Waals surface area contributed by atoms with Gasteiger partial charge in [0.1, 0.15) is 5.60 Å². The van der Waals surface area contributed by atoms with Crippen LogP contribution in [0.1, 0.15) is 53.9 Å². The molecule has 0 aromatic rings. The lowest BCUT2D eigenvalue weighted by Gasteiger charge is -2.27. The number of hydrogen-bond acceptors (Lipinski definition) is 4. The van der Waals surface area contributed by atoms with Gasteiger partial charge in [0.2, 0.25) is 0 Å². The Morgan fingerprint density at radius 2 is 1.91 bits per heavy atom. The van der Waals surface area contributed by atoms with E-state index in [0.29, 0.717) is 18.4 Å². The van der Waals surface area contributed by atoms with Crippen molar-refractivity contribution in [1.29, 1.82) is 0 Å². The fraction of sp³-hybridized carbons (Fsp3) is 0.941. The number of carbonyl (C=O) groups is 1. The highest BCUT2D eigenvalue weighted by atomic mass is 16.6. The molecule has 1 atom stereocenters. The number of hydrogen-bond donors (Lipinski definition) is 2.